The summed E-state index contributed by atoms with van der Waals surface area (Å²) < 4.78 is 44.0. The Bertz CT molecular complexity index is 1280. The predicted molar refractivity (Wildman–Crippen MR) is 123 cm³/mol. The maximum atomic E-state index is 13.0. The largest absolute Gasteiger partial charge is 0.462 e. The zero-order chi connectivity index (χ0) is 23.2. The Morgan fingerprint density at radius 3 is 2.50 bits per heavy atom. The third-order valence-corrected chi connectivity index (χ3v) is 6.74. The van der Waals surface area contributed by atoms with Gasteiger partial charge in [0.1, 0.15) is 16.9 Å². The molecule has 3 aromatic rings. The summed E-state index contributed by atoms with van der Waals surface area (Å²) in [6.45, 7) is 7.86. The zero-order valence-electron chi connectivity index (χ0n) is 18.8. The number of rotatable bonds is 4. The van der Waals surface area contributed by atoms with Crippen LogP contribution in [0.25, 0.3) is 22.3 Å². The lowest BCUT2D eigenvalue weighted by Gasteiger charge is -2.23. The predicted octanol–water partition coefficient (Wildman–Crippen LogP) is 4.83. The molecule has 2 aromatic carbocycles. The normalized spacial score (nSPS) is 19.0. The minimum absolute atomic E-state index is 0.192. The number of aryl methyl sites for hydroxylation is 1. The van der Waals surface area contributed by atoms with Crippen LogP contribution >= 0.6 is 0 Å². The fourth-order valence-corrected chi connectivity index (χ4v) is 5.11. The second-order valence-corrected chi connectivity index (χ2v) is 10.1. The van der Waals surface area contributed by atoms with Gasteiger partial charge in [-0.05, 0) is 33.8 Å². The number of carbonyl (C=O) groups is 1. The van der Waals surface area contributed by atoms with E-state index in [9.17, 15) is 13.2 Å². The number of ether oxygens (including phenoxy) is 2. The minimum Gasteiger partial charge on any atom is -0.462 e. The average Bonchev–Trinajstić information content (AvgIpc) is 3.03. The number of sulfonamides is 1. The highest BCUT2D eigenvalue weighted by molar-refractivity contribution is 7.92. The Hall–Kier alpha value is -2.84. The van der Waals surface area contributed by atoms with Crippen LogP contribution in [0.15, 0.2) is 40.8 Å². The van der Waals surface area contributed by atoms with Gasteiger partial charge in [0, 0.05) is 22.6 Å². The molecule has 0 radical (unpaired) electrons. The molecular formula is C24H27NO6S. The van der Waals surface area contributed by atoms with Crippen molar-refractivity contribution in [3.05, 3.63) is 53.1 Å². The molecule has 1 aromatic heterocycles. The highest BCUT2D eigenvalue weighted by Gasteiger charge is 2.32. The van der Waals surface area contributed by atoms with Crippen LogP contribution in [0.1, 0.15) is 48.4 Å². The number of carbonyl (C=O) groups excluding carboxylic acids is 1. The Kier molecular flexibility index (Phi) is 5.77. The van der Waals surface area contributed by atoms with Gasteiger partial charge >= 0.3 is 5.97 Å². The molecule has 2 unspecified atom stereocenters. The van der Waals surface area contributed by atoms with Gasteiger partial charge in [-0.15, -0.1) is 0 Å². The molecule has 8 heteroatoms. The number of fused-ring (bicyclic) bond motifs is 2. The second kappa shape index (κ2) is 8.26. The second-order valence-electron chi connectivity index (χ2n) is 8.18. The van der Waals surface area contributed by atoms with Gasteiger partial charge in [-0.1, -0.05) is 29.8 Å². The highest BCUT2D eigenvalue weighted by atomic mass is 32.2. The Morgan fingerprint density at radius 1 is 1.19 bits per heavy atom. The van der Waals surface area contributed by atoms with Gasteiger partial charge in [0.2, 0.25) is 10.0 Å². The molecule has 1 aliphatic rings. The molecule has 0 saturated carbocycles. The lowest BCUT2D eigenvalue weighted by Crippen LogP contribution is -2.35. The van der Waals surface area contributed by atoms with Gasteiger partial charge in [-0.3, -0.25) is 4.31 Å². The molecule has 2 heterocycles. The van der Waals surface area contributed by atoms with E-state index in [0.717, 1.165) is 11.1 Å². The molecule has 0 N–H and O–H groups in total. The smallest absolute Gasteiger partial charge is 0.342 e. The van der Waals surface area contributed by atoms with Gasteiger partial charge in [-0.2, -0.15) is 0 Å². The molecule has 32 heavy (non-hydrogen) atoms. The van der Waals surface area contributed by atoms with Crippen LogP contribution in [-0.2, 0) is 19.5 Å². The van der Waals surface area contributed by atoms with E-state index in [1.165, 1.54) is 10.6 Å². The van der Waals surface area contributed by atoms with E-state index in [4.69, 9.17) is 13.9 Å². The summed E-state index contributed by atoms with van der Waals surface area (Å²) in [6, 6.07) is 11.1. The van der Waals surface area contributed by atoms with Crippen LogP contribution in [0.3, 0.4) is 0 Å². The number of hydrogen-bond donors (Lipinski definition) is 0. The van der Waals surface area contributed by atoms with E-state index in [-0.39, 0.29) is 25.4 Å². The lowest BCUT2D eigenvalue weighted by molar-refractivity contribution is 0.0174. The zero-order valence-corrected chi connectivity index (χ0v) is 19.7. The molecule has 2 atom stereocenters. The molecule has 1 aliphatic heterocycles. The van der Waals surface area contributed by atoms with Crippen LogP contribution in [0.2, 0.25) is 0 Å². The van der Waals surface area contributed by atoms with Crippen LogP contribution in [-0.4, -0.2) is 39.9 Å². The lowest BCUT2D eigenvalue weighted by atomic mass is 10.0. The molecule has 0 spiro atoms. The van der Waals surface area contributed by atoms with Gasteiger partial charge in [0.15, 0.2) is 0 Å². The van der Waals surface area contributed by atoms with Gasteiger partial charge in [-0.25, -0.2) is 13.2 Å². The van der Waals surface area contributed by atoms with Crippen molar-refractivity contribution in [3.8, 4) is 11.3 Å². The summed E-state index contributed by atoms with van der Waals surface area (Å²) in [5.74, 6) is -0.0937. The topological polar surface area (TPSA) is 86.1 Å². The van der Waals surface area contributed by atoms with Crippen LogP contribution < -0.4 is 4.31 Å². The van der Waals surface area contributed by atoms with Gasteiger partial charge in [0.25, 0.3) is 0 Å². The Balaban J connectivity index is 2.02. The van der Waals surface area contributed by atoms with Crippen molar-refractivity contribution in [2.24, 2.45) is 0 Å². The molecule has 0 amide bonds. The third kappa shape index (κ3) is 4.00. The van der Waals surface area contributed by atoms with E-state index in [1.807, 2.05) is 45.0 Å². The monoisotopic (exact) mass is 457 g/mol. The summed E-state index contributed by atoms with van der Waals surface area (Å²) in [5.41, 5.74) is 3.73. The molecule has 7 nitrogen and oxygen atoms in total. The summed E-state index contributed by atoms with van der Waals surface area (Å²) in [5, 5.41) is 0.566. The fourth-order valence-electron chi connectivity index (χ4n) is 4.12. The Labute approximate surface area is 188 Å². The van der Waals surface area contributed by atoms with Crippen molar-refractivity contribution >= 4 is 32.6 Å². The number of benzene rings is 2. The maximum Gasteiger partial charge on any atom is 0.342 e. The fraction of sp³-hybridized carbons (Fsp3) is 0.375. The molecule has 4 rings (SSSR count). The van der Waals surface area contributed by atoms with E-state index in [0.29, 0.717) is 33.5 Å². The van der Waals surface area contributed by atoms with Crippen molar-refractivity contribution in [1.29, 1.82) is 0 Å². The minimum atomic E-state index is -3.55. The molecule has 170 valence electrons. The van der Waals surface area contributed by atoms with Crippen molar-refractivity contribution < 1.29 is 27.1 Å². The SMILES string of the molecule is CCOC(=O)c1c(-c2ccc(C)cc2)oc2cc3c(cc12)C(C)OC(C)CN3S(C)(=O)=O. The number of furan rings is 1. The molecule has 0 saturated heterocycles. The van der Waals surface area contributed by atoms with E-state index >= 15 is 0 Å². The summed E-state index contributed by atoms with van der Waals surface area (Å²) >= 11 is 0. The Morgan fingerprint density at radius 2 is 1.88 bits per heavy atom. The molecular weight excluding hydrogens is 430 g/mol. The number of anilines is 1. The van der Waals surface area contributed by atoms with Crippen LogP contribution in [0.5, 0.6) is 0 Å². The highest BCUT2D eigenvalue weighted by Crippen LogP contribution is 2.42. The third-order valence-electron chi connectivity index (χ3n) is 5.60. The molecule has 0 aliphatic carbocycles. The molecule has 0 bridgehead atoms. The first-order valence-corrected chi connectivity index (χ1v) is 12.4. The summed E-state index contributed by atoms with van der Waals surface area (Å²) in [6.07, 6.45) is 0.503. The quantitative estimate of drug-likeness (QED) is 0.522. The maximum absolute atomic E-state index is 13.0. The van der Waals surface area contributed by atoms with E-state index < -0.39 is 16.0 Å². The van der Waals surface area contributed by atoms with Crippen LogP contribution in [0.4, 0.5) is 5.69 Å². The van der Waals surface area contributed by atoms with Crippen molar-refractivity contribution in [3.63, 3.8) is 0 Å². The average molecular weight is 458 g/mol. The summed E-state index contributed by atoms with van der Waals surface area (Å²) in [7, 11) is -3.55. The van der Waals surface area contributed by atoms with Crippen molar-refractivity contribution in [1.82, 2.24) is 0 Å². The first-order chi connectivity index (χ1) is 15.1. The van der Waals surface area contributed by atoms with E-state index in [2.05, 4.69) is 0 Å². The summed E-state index contributed by atoms with van der Waals surface area (Å²) in [4.78, 5) is 13.0. The first-order valence-electron chi connectivity index (χ1n) is 10.6. The van der Waals surface area contributed by atoms with Crippen LogP contribution in [0, 0.1) is 6.92 Å². The molecule has 0 fully saturated rings. The number of esters is 1. The number of nitrogens with zero attached hydrogens (tertiary/aromatic N) is 1. The van der Waals surface area contributed by atoms with E-state index in [1.54, 1.807) is 19.1 Å². The van der Waals surface area contributed by atoms with Crippen molar-refractivity contribution in [2.75, 3.05) is 23.7 Å². The van der Waals surface area contributed by atoms with Gasteiger partial charge < -0.3 is 13.9 Å². The standard InChI is InChI=1S/C24H27NO6S/c1-6-29-24(26)22-19-11-18-16(4)30-15(3)13-25(32(5,27)28)20(18)12-21(19)31-23(22)17-9-7-14(2)8-10-17/h7-12,15-16H,6,13H2,1-5H3. The van der Waals surface area contributed by atoms with Crippen molar-refractivity contribution in [2.45, 2.75) is 39.9 Å². The van der Waals surface area contributed by atoms with Gasteiger partial charge in [0.05, 0.1) is 37.3 Å². The first kappa shape index (κ1) is 22.4. The number of hydrogen-bond acceptors (Lipinski definition) is 6.